The second kappa shape index (κ2) is 7.43. The lowest BCUT2D eigenvalue weighted by Crippen LogP contribution is -2.55. The molecule has 0 aromatic heterocycles. The molecule has 0 aliphatic carbocycles. The van der Waals surface area contributed by atoms with Gasteiger partial charge in [-0.25, -0.2) is 0 Å². The van der Waals surface area contributed by atoms with Crippen LogP contribution in [0.4, 0.5) is 0 Å². The van der Waals surface area contributed by atoms with Gasteiger partial charge in [0.2, 0.25) is 5.91 Å². The van der Waals surface area contributed by atoms with Crippen molar-refractivity contribution in [3.8, 4) is 5.75 Å². The van der Waals surface area contributed by atoms with Gasteiger partial charge < -0.3 is 19.9 Å². The van der Waals surface area contributed by atoms with E-state index >= 15 is 0 Å². The molecule has 1 aliphatic heterocycles. The largest absolute Gasteiger partial charge is 0.494 e. The number of aliphatic hydroxyl groups is 1. The number of carbonyl (C=O) groups excluding carboxylic acids is 1. The van der Waals surface area contributed by atoms with Crippen molar-refractivity contribution in [2.75, 3.05) is 26.4 Å². The van der Waals surface area contributed by atoms with Crippen LogP contribution in [0.25, 0.3) is 0 Å². The molecular weight excluding hydrogens is 270 g/mol. The number of benzene rings is 1. The maximum Gasteiger partial charge on any atom is 0.224 e. The molecule has 1 aromatic rings. The summed E-state index contributed by atoms with van der Waals surface area (Å²) in [7, 11) is 0. The van der Waals surface area contributed by atoms with Gasteiger partial charge in [0.15, 0.2) is 0 Å². The van der Waals surface area contributed by atoms with Crippen molar-refractivity contribution in [3.05, 3.63) is 29.8 Å². The predicted molar refractivity (Wildman–Crippen MR) is 79.3 cm³/mol. The first-order valence-electron chi connectivity index (χ1n) is 7.39. The van der Waals surface area contributed by atoms with Crippen LogP contribution in [0.5, 0.6) is 5.75 Å². The number of aliphatic hydroxyl groups excluding tert-OH is 1. The lowest BCUT2D eigenvalue weighted by Gasteiger charge is -2.36. The SMILES string of the molecule is CCOc1ccc(CC(=O)NC2(CO)CCOCC2)cc1. The summed E-state index contributed by atoms with van der Waals surface area (Å²) in [6.45, 7) is 3.66. The van der Waals surface area contributed by atoms with Gasteiger partial charge in [0.1, 0.15) is 5.75 Å². The maximum atomic E-state index is 12.2. The highest BCUT2D eigenvalue weighted by Crippen LogP contribution is 2.20. The molecule has 1 aromatic carbocycles. The Labute approximate surface area is 125 Å². The van der Waals surface area contributed by atoms with Crippen LogP contribution in [0.1, 0.15) is 25.3 Å². The van der Waals surface area contributed by atoms with E-state index in [4.69, 9.17) is 9.47 Å². The Hall–Kier alpha value is -1.59. The first-order chi connectivity index (χ1) is 10.2. The van der Waals surface area contributed by atoms with Crippen molar-refractivity contribution >= 4 is 5.91 Å². The van der Waals surface area contributed by atoms with Crippen LogP contribution < -0.4 is 10.1 Å². The maximum absolute atomic E-state index is 12.2. The Morgan fingerprint density at radius 1 is 1.33 bits per heavy atom. The fraction of sp³-hybridized carbons (Fsp3) is 0.562. The molecule has 0 spiro atoms. The molecule has 0 unspecified atom stereocenters. The zero-order valence-electron chi connectivity index (χ0n) is 12.4. The zero-order chi connectivity index (χ0) is 15.1. The van der Waals surface area contributed by atoms with E-state index in [0.29, 0.717) is 39.1 Å². The van der Waals surface area contributed by atoms with Crippen LogP contribution in [-0.4, -0.2) is 43.0 Å². The molecule has 0 saturated carbocycles. The third-order valence-electron chi connectivity index (χ3n) is 3.76. The summed E-state index contributed by atoms with van der Waals surface area (Å²) in [5.41, 5.74) is 0.400. The minimum absolute atomic E-state index is 0.0502. The average Bonchev–Trinajstić information content (AvgIpc) is 2.50. The van der Waals surface area contributed by atoms with E-state index in [0.717, 1.165) is 11.3 Å². The van der Waals surface area contributed by atoms with Crippen LogP contribution >= 0.6 is 0 Å². The summed E-state index contributed by atoms with van der Waals surface area (Å²) in [6, 6.07) is 7.51. The summed E-state index contributed by atoms with van der Waals surface area (Å²) in [4.78, 5) is 12.2. The molecule has 1 heterocycles. The number of amides is 1. The number of hydrogen-bond acceptors (Lipinski definition) is 4. The smallest absolute Gasteiger partial charge is 0.224 e. The van der Waals surface area contributed by atoms with E-state index in [9.17, 15) is 9.90 Å². The molecule has 21 heavy (non-hydrogen) atoms. The molecule has 1 saturated heterocycles. The lowest BCUT2D eigenvalue weighted by molar-refractivity contribution is -0.124. The minimum Gasteiger partial charge on any atom is -0.494 e. The van der Waals surface area contributed by atoms with Crippen LogP contribution in [0.2, 0.25) is 0 Å². The van der Waals surface area contributed by atoms with E-state index in [1.54, 1.807) is 0 Å². The van der Waals surface area contributed by atoms with Gasteiger partial charge in [0, 0.05) is 13.2 Å². The molecule has 1 aliphatic rings. The highest BCUT2D eigenvalue weighted by atomic mass is 16.5. The Kier molecular flexibility index (Phi) is 5.59. The average molecular weight is 293 g/mol. The van der Waals surface area contributed by atoms with Crippen molar-refractivity contribution in [2.45, 2.75) is 31.7 Å². The van der Waals surface area contributed by atoms with E-state index in [2.05, 4.69) is 5.32 Å². The third kappa shape index (κ3) is 4.44. The first kappa shape index (κ1) is 15.8. The number of carbonyl (C=O) groups is 1. The summed E-state index contributed by atoms with van der Waals surface area (Å²) < 4.78 is 10.7. The zero-order valence-corrected chi connectivity index (χ0v) is 12.4. The Balaban J connectivity index is 1.91. The lowest BCUT2D eigenvalue weighted by atomic mass is 9.90. The van der Waals surface area contributed by atoms with Crippen LogP contribution in [0.3, 0.4) is 0 Å². The topological polar surface area (TPSA) is 67.8 Å². The third-order valence-corrected chi connectivity index (χ3v) is 3.76. The second-order valence-corrected chi connectivity index (χ2v) is 5.35. The summed E-state index contributed by atoms with van der Waals surface area (Å²) in [6.07, 6.45) is 1.60. The predicted octanol–water partition coefficient (Wildman–Crippen LogP) is 1.29. The van der Waals surface area contributed by atoms with Crippen molar-refractivity contribution in [3.63, 3.8) is 0 Å². The fourth-order valence-electron chi connectivity index (χ4n) is 2.48. The molecule has 5 heteroatoms. The molecule has 116 valence electrons. The number of hydrogen-bond donors (Lipinski definition) is 2. The van der Waals surface area contributed by atoms with Crippen LogP contribution in [-0.2, 0) is 16.0 Å². The molecule has 0 radical (unpaired) electrons. The molecular formula is C16H23NO4. The van der Waals surface area contributed by atoms with Crippen molar-refractivity contribution in [1.82, 2.24) is 5.32 Å². The molecule has 2 N–H and O–H groups in total. The van der Waals surface area contributed by atoms with Gasteiger partial charge in [-0.15, -0.1) is 0 Å². The standard InChI is InChI=1S/C16H23NO4/c1-2-21-14-5-3-13(4-6-14)11-15(19)17-16(12-18)7-9-20-10-8-16/h3-6,18H,2,7-12H2,1H3,(H,17,19). The molecule has 0 atom stereocenters. The summed E-state index contributed by atoms with van der Waals surface area (Å²) in [5.74, 6) is 0.730. The van der Waals surface area contributed by atoms with Crippen LogP contribution in [0.15, 0.2) is 24.3 Å². The Morgan fingerprint density at radius 2 is 2.00 bits per heavy atom. The molecule has 5 nitrogen and oxygen atoms in total. The summed E-state index contributed by atoms with van der Waals surface area (Å²) >= 11 is 0. The van der Waals surface area contributed by atoms with Gasteiger partial charge in [-0.3, -0.25) is 4.79 Å². The van der Waals surface area contributed by atoms with Crippen LogP contribution in [0, 0.1) is 0 Å². The monoisotopic (exact) mass is 293 g/mol. The van der Waals surface area contributed by atoms with Crippen molar-refractivity contribution in [1.29, 1.82) is 0 Å². The molecule has 1 amide bonds. The van der Waals surface area contributed by atoms with Crippen molar-refractivity contribution in [2.24, 2.45) is 0 Å². The summed E-state index contributed by atoms with van der Waals surface area (Å²) in [5, 5.41) is 12.5. The molecule has 1 fully saturated rings. The van der Waals surface area contributed by atoms with Gasteiger partial charge in [0.25, 0.3) is 0 Å². The Bertz CT molecular complexity index is 452. The molecule has 2 rings (SSSR count). The number of ether oxygens (including phenoxy) is 2. The van der Waals surface area contributed by atoms with Gasteiger partial charge in [-0.05, 0) is 37.5 Å². The molecule has 0 bridgehead atoms. The van der Waals surface area contributed by atoms with Gasteiger partial charge >= 0.3 is 0 Å². The van der Waals surface area contributed by atoms with E-state index in [1.807, 2.05) is 31.2 Å². The number of nitrogens with one attached hydrogen (secondary N) is 1. The first-order valence-corrected chi connectivity index (χ1v) is 7.39. The normalized spacial score (nSPS) is 17.2. The fourth-order valence-corrected chi connectivity index (χ4v) is 2.48. The Morgan fingerprint density at radius 3 is 2.57 bits per heavy atom. The van der Waals surface area contributed by atoms with Crippen molar-refractivity contribution < 1.29 is 19.4 Å². The van der Waals surface area contributed by atoms with E-state index in [1.165, 1.54) is 0 Å². The second-order valence-electron chi connectivity index (χ2n) is 5.35. The number of rotatable bonds is 6. The van der Waals surface area contributed by atoms with E-state index < -0.39 is 5.54 Å². The highest BCUT2D eigenvalue weighted by molar-refractivity contribution is 5.79. The van der Waals surface area contributed by atoms with E-state index in [-0.39, 0.29) is 12.5 Å². The van der Waals surface area contributed by atoms with Gasteiger partial charge in [-0.1, -0.05) is 12.1 Å². The highest BCUT2D eigenvalue weighted by Gasteiger charge is 2.33. The van der Waals surface area contributed by atoms with Gasteiger partial charge in [0.05, 0.1) is 25.2 Å². The quantitative estimate of drug-likeness (QED) is 0.829. The minimum atomic E-state index is -0.527. The van der Waals surface area contributed by atoms with Gasteiger partial charge in [-0.2, -0.15) is 0 Å².